The lowest BCUT2D eigenvalue weighted by Crippen LogP contribution is -2.28. The van der Waals surface area contributed by atoms with Gasteiger partial charge in [0.2, 0.25) is 0 Å². The Morgan fingerprint density at radius 3 is 2.56 bits per heavy atom. The average molecular weight is 454 g/mol. The molecule has 0 saturated carbocycles. The summed E-state index contributed by atoms with van der Waals surface area (Å²) in [7, 11) is 0. The van der Waals surface area contributed by atoms with Gasteiger partial charge in [0.05, 0.1) is 22.6 Å². The highest BCUT2D eigenvalue weighted by molar-refractivity contribution is 6.71. The van der Waals surface area contributed by atoms with Crippen LogP contribution in [0, 0.1) is 6.92 Å². The number of hydrogen-bond donors (Lipinski definition) is 3. The van der Waals surface area contributed by atoms with Crippen molar-refractivity contribution in [2.24, 2.45) is 10.2 Å². The molecule has 1 aliphatic heterocycles. The Morgan fingerprint density at radius 1 is 1.06 bits per heavy atom. The van der Waals surface area contributed by atoms with Crippen LogP contribution < -0.4 is 10.4 Å². The van der Waals surface area contributed by atoms with E-state index < -0.39 is 5.97 Å². The van der Waals surface area contributed by atoms with Crippen LogP contribution in [0.4, 0.5) is 11.4 Å². The first-order valence-electron chi connectivity index (χ1n) is 10.8. The molecule has 3 N–H and O–H groups in total. The number of aromatic carboxylic acids is 1. The van der Waals surface area contributed by atoms with Gasteiger partial charge in [-0.25, -0.2) is 4.79 Å². The second-order valence-electron chi connectivity index (χ2n) is 8.42. The van der Waals surface area contributed by atoms with Crippen LogP contribution in [0.15, 0.2) is 64.8 Å². The SMILES string of the molecule is CC1=NN(c2ccc3c(c2)CC3)C(=O)C1=NNc1cc(C)cc(-c2cccc(C(=O)O)c2)c1O. The number of hydrazone groups is 2. The fourth-order valence-electron chi connectivity index (χ4n) is 4.13. The van der Waals surface area contributed by atoms with Crippen molar-refractivity contribution >= 4 is 34.7 Å². The molecular formula is C26H22N4O4. The number of aromatic hydroxyl groups is 1. The topological polar surface area (TPSA) is 115 Å². The van der Waals surface area contributed by atoms with E-state index in [1.54, 1.807) is 31.2 Å². The molecule has 1 amide bonds. The molecule has 8 heteroatoms. The summed E-state index contributed by atoms with van der Waals surface area (Å²) in [5, 5.41) is 30.1. The highest BCUT2D eigenvalue weighted by atomic mass is 16.4. The van der Waals surface area contributed by atoms with Crippen molar-refractivity contribution in [3.63, 3.8) is 0 Å². The summed E-state index contributed by atoms with van der Waals surface area (Å²) in [5.41, 5.74) is 8.88. The number of nitrogens with one attached hydrogen (secondary N) is 1. The van der Waals surface area contributed by atoms with Gasteiger partial charge in [-0.3, -0.25) is 10.2 Å². The van der Waals surface area contributed by atoms with Crippen LogP contribution in [0.25, 0.3) is 11.1 Å². The molecule has 0 unspecified atom stereocenters. The summed E-state index contributed by atoms with van der Waals surface area (Å²) in [6.07, 6.45) is 2.06. The molecule has 3 aromatic carbocycles. The predicted octanol–water partition coefficient (Wildman–Crippen LogP) is 4.36. The number of anilines is 2. The first-order chi connectivity index (χ1) is 16.3. The summed E-state index contributed by atoms with van der Waals surface area (Å²) < 4.78 is 0. The molecule has 1 heterocycles. The smallest absolute Gasteiger partial charge is 0.335 e. The number of benzene rings is 3. The van der Waals surface area contributed by atoms with Crippen molar-refractivity contribution in [2.75, 3.05) is 10.4 Å². The fourth-order valence-corrected chi connectivity index (χ4v) is 4.13. The van der Waals surface area contributed by atoms with Gasteiger partial charge in [-0.05, 0) is 85.3 Å². The molecule has 34 heavy (non-hydrogen) atoms. The van der Waals surface area contributed by atoms with Crippen LogP contribution in [0.2, 0.25) is 0 Å². The van der Waals surface area contributed by atoms with Gasteiger partial charge in [0.1, 0.15) is 5.75 Å². The summed E-state index contributed by atoms with van der Waals surface area (Å²) in [6, 6.07) is 15.7. The van der Waals surface area contributed by atoms with E-state index in [2.05, 4.69) is 15.6 Å². The van der Waals surface area contributed by atoms with Crippen molar-refractivity contribution in [3.05, 3.63) is 76.9 Å². The molecule has 0 bridgehead atoms. The maximum absolute atomic E-state index is 13.0. The highest BCUT2D eigenvalue weighted by Crippen LogP contribution is 2.37. The van der Waals surface area contributed by atoms with Crippen LogP contribution in [0.1, 0.15) is 34.0 Å². The van der Waals surface area contributed by atoms with Crippen molar-refractivity contribution in [1.29, 1.82) is 0 Å². The third kappa shape index (κ3) is 3.69. The Kier molecular flexibility index (Phi) is 5.13. The van der Waals surface area contributed by atoms with Gasteiger partial charge in [-0.2, -0.15) is 15.2 Å². The van der Waals surface area contributed by atoms with Gasteiger partial charge in [-0.15, -0.1) is 0 Å². The molecule has 5 rings (SSSR count). The van der Waals surface area contributed by atoms with Crippen LogP contribution in [0.3, 0.4) is 0 Å². The van der Waals surface area contributed by atoms with Crippen LogP contribution in [0.5, 0.6) is 5.75 Å². The highest BCUT2D eigenvalue weighted by Gasteiger charge is 2.31. The zero-order valence-corrected chi connectivity index (χ0v) is 18.7. The molecule has 1 aliphatic carbocycles. The fraction of sp³-hybridized carbons (Fsp3) is 0.154. The number of carboxylic acid groups (broad SMARTS) is 1. The normalized spacial score (nSPS) is 15.7. The monoisotopic (exact) mass is 454 g/mol. The lowest BCUT2D eigenvalue weighted by atomic mass is 9.88. The van der Waals surface area contributed by atoms with Crippen molar-refractivity contribution in [2.45, 2.75) is 26.7 Å². The largest absolute Gasteiger partial charge is 0.505 e. The van der Waals surface area contributed by atoms with E-state index in [0.29, 0.717) is 28.2 Å². The number of carbonyl (C=O) groups is 2. The first-order valence-corrected chi connectivity index (χ1v) is 10.8. The Morgan fingerprint density at radius 2 is 1.85 bits per heavy atom. The van der Waals surface area contributed by atoms with Gasteiger partial charge < -0.3 is 10.2 Å². The van der Waals surface area contributed by atoms with E-state index in [1.165, 1.54) is 28.3 Å². The molecule has 0 radical (unpaired) electrons. The quantitative estimate of drug-likeness (QED) is 0.392. The molecule has 0 fully saturated rings. The second kappa shape index (κ2) is 8.15. The third-order valence-corrected chi connectivity index (χ3v) is 6.05. The Hall–Kier alpha value is -4.46. The number of phenolic OH excluding ortho intramolecular Hbond substituents is 1. The molecule has 0 atom stereocenters. The summed E-state index contributed by atoms with van der Waals surface area (Å²) in [5.74, 6) is -1.51. The van der Waals surface area contributed by atoms with Crippen LogP contribution in [-0.2, 0) is 17.6 Å². The Bertz CT molecular complexity index is 1420. The predicted molar refractivity (Wildman–Crippen MR) is 131 cm³/mol. The molecule has 170 valence electrons. The van der Waals surface area contributed by atoms with Gasteiger partial charge in [0, 0.05) is 5.56 Å². The molecule has 2 aliphatic rings. The van der Waals surface area contributed by atoms with E-state index in [0.717, 1.165) is 18.4 Å². The minimum absolute atomic E-state index is 0.100. The van der Waals surface area contributed by atoms with E-state index in [9.17, 15) is 19.8 Å². The second-order valence-corrected chi connectivity index (χ2v) is 8.42. The van der Waals surface area contributed by atoms with E-state index in [-0.39, 0.29) is 22.9 Å². The number of rotatable bonds is 5. The zero-order chi connectivity index (χ0) is 24.0. The molecule has 8 nitrogen and oxygen atoms in total. The lowest BCUT2D eigenvalue weighted by molar-refractivity contribution is -0.112. The van der Waals surface area contributed by atoms with Crippen molar-refractivity contribution in [3.8, 4) is 16.9 Å². The van der Waals surface area contributed by atoms with Gasteiger partial charge in [0.25, 0.3) is 0 Å². The summed E-state index contributed by atoms with van der Waals surface area (Å²) >= 11 is 0. The number of nitrogens with zero attached hydrogens (tertiary/aromatic N) is 3. The zero-order valence-electron chi connectivity index (χ0n) is 18.7. The molecule has 0 saturated heterocycles. The molecular weight excluding hydrogens is 432 g/mol. The van der Waals surface area contributed by atoms with E-state index in [4.69, 9.17) is 0 Å². The average Bonchev–Trinajstić information content (AvgIpc) is 3.08. The first kappa shape index (κ1) is 21.4. The minimum Gasteiger partial charge on any atom is -0.505 e. The number of amides is 1. The summed E-state index contributed by atoms with van der Waals surface area (Å²) in [6.45, 7) is 3.56. The Labute approximate surface area is 195 Å². The number of aryl methyl sites for hydroxylation is 3. The number of carbonyl (C=O) groups excluding carboxylic acids is 1. The van der Waals surface area contributed by atoms with Crippen molar-refractivity contribution < 1.29 is 19.8 Å². The van der Waals surface area contributed by atoms with Crippen LogP contribution in [-0.4, -0.2) is 33.5 Å². The third-order valence-electron chi connectivity index (χ3n) is 6.05. The summed E-state index contributed by atoms with van der Waals surface area (Å²) in [4.78, 5) is 24.4. The number of phenols is 1. The molecule has 3 aromatic rings. The van der Waals surface area contributed by atoms with E-state index in [1.807, 2.05) is 25.1 Å². The maximum Gasteiger partial charge on any atom is 0.335 e. The molecule has 0 spiro atoms. The standard InChI is InChI=1S/C26H22N4O4/c1-14-10-21(18-4-3-5-19(12-18)26(33)34)24(31)22(11-14)27-28-23-15(2)29-30(25(23)32)20-9-8-16-6-7-17(16)13-20/h3-5,8-13,27,31H,6-7H2,1-2H3,(H,33,34). The van der Waals surface area contributed by atoms with Gasteiger partial charge in [-0.1, -0.05) is 18.2 Å². The minimum atomic E-state index is -1.05. The number of hydrogen-bond acceptors (Lipinski definition) is 6. The molecule has 0 aromatic heterocycles. The maximum atomic E-state index is 13.0. The van der Waals surface area contributed by atoms with Crippen molar-refractivity contribution in [1.82, 2.24) is 0 Å². The van der Waals surface area contributed by atoms with Crippen LogP contribution >= 0.6 is 0 Å². The Balaban J connectivity index is 1.43. The lowest BCUT2D eigenvalue weighted by Gasteiger charge is -2.21. The van der Waals surface area contributed by atoms with Gasteiger partial charge >= 0.3 is 11.9 Å². The van der Waals surface area contributed by atoms with Gasteiger partial charge in [0.15, 0.2) is 5.71 Å². The number of fused-ring (bicyclic) bond motifs is 1. The number of carboxylic acids is 1. The van der Waals surface area contributed by atoms with E-state index >= 15 is 0 Å².